The predicted molar refractivity (Wildman–Crippen MR) is 170 cm³/mol. The lowest BCUT2D eigenvalue weighted by atomic mass is 10.0. The van der Waals surface area contributed by atoms with Crippen LogP contribution in [0, 0.1) is 0 Å². The van der Waals surface area contributed by atoms with E-state index in [9.17, 15) is 19.5 Å². The molecule has 0 bridgehead atoms. The lowest BCUT2D eigenvalue weighted by Crippen LogP contribution is -2.36. The number of aromatic hydroxyl groups is 1. The van der Waals surface area contributed by atoms with E-state index in [2.05, 4.69) is 17.5 Å². The zero-order valence-electron chi connectivity index (χ0n) is 26.1. The molecule has 0 heterocycles. The Morgan fingerprint density at radius 3 is 1.81 bits per heavy atom. The number of carbonyl (C=O) groups is 3. The monoisotopic (exact) mass is 587 g/mol. The second kappa shape index (κ2) is 26.1. The average Bonchev–Trinajstić information content (AvgIpc) is 2.98. The number of nitrogens with one attached hydrogen (secondary N) is 1. The maximum absolute atomic E-state index is 12.4. The molecule has 0 spiro atoms. The first-order chi connectivity index (χ1) is 20.5. The average molecular weight is 588 g/mol. The fourth-order valence-electron chi connectivity index (χ4n) is 4.92. The molecule has 7 nitrogen and oxygen atoms in total. The van der Waals surface area contributed by atoms with E-state index in [4.69, 9.17) is 9.84 Å². The number of aliphatic hydroxyl groups is 1. The highest BCUT2D eigenvalue weighted by Gasteiger charge is 2.16. The molecular formula is C35H57NO6. The molecule has 1 atom stereocenters. The van der Waals surface area contributed by atoms with Crippen molar-refractivity contribution < 1.29 is 29.3 Å². The van der Waals surface area contributed by atoms with Crippen LogP contribution in [0.4, 0.5) is 0 Å². The number of amides is 1. The Morgan fingerprint density at radius 1 is 0.738 bits per heavy atom. The highest BCUT2D eigenvalue weighted by molar-refractivity contribution is 5.80. The number of hydrogen-bond acceptors (Lipinski definition) is 6. The van der Waals surface area contributed by atoms with E-state index in [0.717, 1.165) is 69.8 Å². The van der Waals surface area contributed by atoms with Gasteiger partial charge in [-0.05, 0) is 81.9 Å². The highest BCUT2D eigenvalue weighted by Crippen LogP contribution is 2.13. The Bertz CT molecular complexity index is 867. The SMILES string of the molecule is COC(CCC=CCCCCC(=O)CCCCC(=O)CCCCCCCCCCO)C(=O)NCCc1ccc(O)cc1. The molecule has 0 saturated carbocycles. The van der Waals surface area contributed by atoms with Gasteiger partial charge >= 0.3 is 0 Å². The number of carbonyl (C=O) groups excluding carboxylic acids is 3. The summed E-state index contributed by atoms with van der Waals surface area (Å²) >= 11 is 0. The largest absolute Gasteiger partial charge is 0.508 e. The van der Waals surface area contributed by atoms with Gasteiger partial charge in [0, 0.05) is 45.9 Å². The lowest BCUT2D eigenvalue weighted by molar-refractivity contribution is -0.131. The molecular weight excluding hydrogens is 530 g/mol. The van der Waals surface area contributed by atoms with Crippen molar-refractivity contribution in [3.05, 3.63) is 42.0 Å². The summed E-state index contributed by atoms with van der Waals surface area (Å²) in [4.78, 5) is 36.6. The minimum absolute atomic E-state index is 0.111. The van der Waals surface area contributed by atoms with Gasteiger partial charge in [-0.2, -0.15) is 0 Å². The van der Waals surface area contributed by atoms with Crippen LogP contribution >= 0.6 is 0 Å². The normalized spacial score (nSPS) is 12.0. The minimum atomic E-state index is -0.481. The molecule has 3 N–H and O–H groups in total. The number of ether oxygens (including phenoxy) is 1. The van der Waals surface area contributed by atoms with E-state index in [1.54, 1.807) is 19.2 Å². The van der Waals surface area contributed by atoms with Gasteiger partial charge in [-0.3, -0.25) is 14.4 Å². The van der Waals surface area contributed by atoms with Crippen molar-refractivity contribution in [3.63, 3.8) is 0 Å². The number of ketones is 2. The van der Waals surface area contributed by atoms with Gasteiger partial charge in [-0.1, -0.05) is 62.8 Å². The van der Waals surface area contributed by atoms with Gasteiger partial charge in [0.05, 0.1) is 0 Å². The van der Waals surface area contributed by atoms with Crippen molar-refractivity contribution in [1.29, 1.82) is 0 Å². The topological polar surface area (TPSA) is 113 Å². The summed E-state index contributed by atoms with van der Waals surface area (Å²) in [5, 5.41) is 21.0. The Kier molecular flexibility index (Phi) is 23.4. The molecule has 0 aliphatic heterocycles. The number of methoxy groups -OCH3 is 1. The smallest absolute Gasteiger partial charge is 0.249 e. The predicted octanol–water partition coefficient (Wildman–Crippen LogP) is 7.16. The highest BCUT2D eigenvalue weighted by atomic mass is 16.5. The summed E-state index contributed by atoms with van der Waals surface area (Å²) in [7, 11) is 1.55. The summed E-state index contributed by atoms with van der Waals surface area (Å²) in [5.74, 6) is 0.751. The molecule has 1 amide bonds. The molecule has 1 unspecified atom stereocenters. The molecule has 0 radical (unpaired) electrons. The van der Waals surface area contributed by atoms with Crippen LogP contribution in [0.1, 0.15) is 128 Å². The van der Waals surface area contributed by atoms with Crippen molar-refractivity contribution in [3.8, 4) is 5.75 Å². The third kappa shape index (κ3) is 21.2. The van der Waals surface area contributed by atoms with E-state index < -0.39 is 6.10 Å². The van der Waals surface area contributed by atoms with Crippen molar-refractivity contribution in [2.75, 3.05) is 20.3 Å². The summed E-state index contributed by atoms with van der Waals surface area (Å²) in [5.41, 5.74) is 1.05. The molecule has 1 aromatic rings. The van der Waals surface area contributed by atoms with Crippen molar-refractivity contribution in [2.24, 2.45) is 0 Å². The number of aliphatic hydroxyl groups excluding tert-OH is 1. The lowest BCUT2D eigenvalue weighted by Gasteiger charge is -2.14. The Hall–Kier alpha value is -2.51. The molecule has 0 fully saturated rings. The van der Waals surface area contributed by atoms with Gasteiger partial charge in [0.15, 0.2) is 0 Å². The first-order valence-corrected chi connectivity index (χ1v) is 16.3. The van der Waals surface area contributed by atoms with Crippen LogP contribution < -0.4 is 5.32 Å². The second-order valence-electron chi connectivity index (χ2n) is 11.3. The van der Waals surface area contributed by atoms with Crippen LogP contribution in [0.25, 0.3) is 0 Å². The molecule has 238 valence electrons. The third-order valence-electron chi connectivity index (χ3n) is 7.59. The third-order valence-corrected chi connectivity index (χ3v) is 7.59. The van der Waals surface area contributed by atoms with Gasteiger partial charge in [-0.15, -0.1) is 0 Å². The standard InChI is InChI=1S/C35H57NO6/c1-42-34(35(41)36-28-27-30-23-25-33(40)26-24-30)22-14-10-6-5-9-13-19-32(39)21-16-15-20-31(38)18-12-8-4-2-3-7-11-17-29-37/h6,10,23-26,34,37,40H,2-5,7-9,11-22,27-29H2,1H3,(H,36,41). The van der Waals surface area contributed by atoms with Crippen LogP contribution in [-0.4, -0.2) is 54.1 Å². The molecule has 0 aromatic heterocycles. The number of unbranched alkanes of at least 4 members (excludes halogenated alkanes) is 10. The van der Waals surface area contributed by atoms with Crippen molar-refractivity contribution in [1.82, 2.24) is 5.32 Å². The van der Waals surface area contributed by atoms with Gasteiger partial charge in [-0.25, -0.2) is 0 Å². The summed E-state index contributed by atoms with van der Waals surface area (Å²) in [6.45, 7) is 0.813. The maximum atomic E-state index is 12.4. The van der Waals surface area contributed by atoms with Crippen LogP contribution in [0.5, 0.6) is 5.75 Å². The van der Waals surface area contributed by atoms with E-state index in [0.29, 0.717) is 63.2 Å². The summed E-state index contributed by atoms with van der Waals surface area (Å²) < 4.78 is 5.36. The van der Waals surface area contributed by atoms with Crippen LogP contribution in [0.2, 0.25) is 0 Å². The van der Waals surface area contributed by atoms with Crippen molar-refractivity contribution in [2.45, 2.75) is 135 Å². The van der Waals surface area contributed by atoms with Gasteiger partial charge < -0.3 is 20.3 Å². The number of benzene rings is 1. The van der Waals surface area contributed by atoms with Gasteiger partial charge in [0.25, 0.3) is 0 Å². The Labute approximate surface area is 254 Å². The molecule has 0 aliphatic rings. The Morgan fingerprint density at radius 2 is 1.24 bits per heavy atom. The molecule has 1 aromatic carbocycles. The van der Waals surface area contributed by atoms with Crippen LogP contribution in [-0.2, 0) is 25.5 Å². The van der Waals surface area contributed by atoms with E-state index >= 15 is 0 Å². The number of hydrogen-bond donors (Lipinski definition) is 3. The van der Waals surface area contributed by atoms with Crippen molar-refractivity contribution >= 4 is 17.5 Å². The first-order valence-electron chi connectivity index (χ1n) is 16.3. The zero-order valence-corrected chi connectivity index (χ0v) is 26.1. The quantitative estimate of drug-likeness (QED) is 0.0708. The second-order valence-corrected chi connectivity index (χ2v) is 11.3. The fourth-order valence-corrected chi connectivity index (χ4v) is 4.92. The molecule has 0 saturated heterocycles. The molecule has 1 rings (SSSR count). The molecule has 7 heteroatoms. The number of phenolic OH excluding ortho intramolecular Hbond substituents is 1. The summed E-state index contributed by atoms with van der Waals surface area (Å²) in [6.07, 6.45) is 21.6. The van der Waals surface area contributed by atoms with Crippen LogP contribution in [0.15, 0.2) is 36.4 Å². The van der Waals surface area contributed by atoms with Gasteiger partial charge in [0.1, 0.15) is 23.4 Å². The Balaban J connectivity index is 1.96. The van der Waals surface area contributed by atoms with E-state index in [-0.39, 0.29) is 11.7 Å². The van der Waals surface area contributed by atoms with Gasteiger partial charge in [0.2, 0.25) is 5.91 Å². The molecule has 42 heavy (non-hydrogen) atoms. The van der Waals surface area contributed by atoms with E-state index in [1.165, 1.54) is 25.7 Å². The maximum Gasteiger partial charge on any atom is 0.249 e. The number of allylic oxidation sites excluding steroid dienone is 2. The molecule has 0 aliphatic carbocycles. The first kappa shape index (κ1) is 37.5. The number of Topliss-reactive ketones (excluding diaryl/α,β-unsaturated/α-hetero) is 2. The number of rotatable bonds is 28. The summed E-state index contributed by atoms with van der Waals surface area (Å²) in [6, 6.07) is 6.97. The fraction of sp³-hybridized carbons (Fsp3) is 0.686. The van der Waals surface area contributed by atoms with Crippen LogP contribution in [0.3, 0.4) is 0 Å². The van der Waals surface area contributed by atoms with E-state index in [1.807, 2.05) is 12.1 Å². The zero-order chi connectivity index (χ0) is 30.7. The number of phenols is 1. The minimum Gasteiger partial charge on any atom is -0.508 e.